The van der Waals surface area contributed by atoms with Crippen molar-refractivity contribution in [3.8, 4) is 40.2 Å². The Bertz CT molecular complexity index is 4510. The number of fused-ring (bicyclic) bond motifs is 3. The third-order valence-electron chi connectivity index (χ3n) is 18.3. The summed E-state index contributed by atoms with van der Waals surface area (Å²) in [5.41, 5.74) is 32.2. The number of hydrogen-bond acceptors (Lipinski definition) is 23. The van der Waals surface area contributed by atoms with Gasteiger partial charge in [-0.15, -0.1) is 0 Å². The van der Waals surface area contributed by atoms with Crippen molar-refractivity contribution in [1.82, 2.24) is 0 Å². The molecule has 3 aliphatic rings. The predicted molar refractivity (Wildman–Crippen MR) is 527 cm³/mol. The van der Waals surface area contributed by atoms with Crippen LogP contribution in [0.3, 0.4) is 0 Å². The van der Waals surface area contributed by atoms with E-state index >= 15 is 0 Å². The second-order valence-corrected chi connectivity index (χ2v) is 36.0. The van der Waals surface area contributed by atoms with Crippen molar-refractivity contribution in [1.29, 1.82) is 0 Å². The van der Waals surface area contributed by atoms with E-state index in [1.165, 1.54) is 43.0 Å². The maximum Gasteiger partial charge on any atom is 0.323 e. The van der Waals surface area contributed by atoms with E-state index in [4.69, 9.17) is 73.5 Å². The molecule has 0 atom stereocenters. The van der Waals surface area contributed by atoms with Crippen molar-refractivity contribution in [2.24, 2.45) is 39.2 Å². The molecule has 10 rings (SSSR count). The molecule has 32 heteroatoms. The van der Waals surface area contributed by atoms with Gasteiger partial charge in [0.05, 0.1) is 109 Å². The molecule has 0 saturated carbocycles. The van der Waals surface area contributed by atoms with Gasteiger partial charge in [-0.2, -0.15) is 5.10 Å². The molecule has 0 bridgehead atoms. The lowest BCUT2D eigenvalue weighted by Gasteiger charge is -2.36. The fourth-order valence-electron chi connectivity index (χ4n) is 10.3. The van der Waals surface area contributed by atoms with Crippen LogP contribution in [0.4, 0.5) is 39.8 Å². The van der Waals surface area contributed by atoms with Crippen LogP contribution < -0.4 is 94.5 Å². The lowest BCUT2D eigenvalue weighted by Crippen LogP contribution is -2.45. The molecule has 7 aromatic rings. The van der Waals surface area contributed by atoms with Gasteiger partial charge in [0.15, 0.2) is 5.78 Å². The molecule has 0 unspecified atom stereocenters. The van der Waals surface area contributed by atoms with Crippen molar-refractivity contribution in [2.45, 2.75) is 201 Å². The number of hydrazine groups is 1. The van der Waals surface area contributed by atoms with E-state index in [1.54, 1.807) is 49.8 Å². The zero-order valence-corrected chi connectivity index (χ0v) is 83.7. The topological polar surface area (TPSA) is 430 Å². The van der Waals surface area contributed by atoms with Crippen LogP contribution in [0.2, 0.25) is 0 Å². The molecule has 3 aliphatic heterocycles. The Morgan fingerprint density at radius 2 is 0.844 bits per heavy atom. The second kappa shape index (κ2) is 54.3. The van der Waals surface area contributed by atoms with Crippen molar-refractivity contribution >= 4 is 167 Å². The number of Topliss-reactive ketones (excluding diaryl/α,β-unsaturated/α-hetero) is 1. The number of carboxylic acids is 1. The van der Waals surface area contributed by atoms with E-state index in [2.05, 4.69) is 172 Å². The van der Waals surface area contributed by atoms with E-state index in [-0.39, 0.29) is 46.8 Å². The minimum absolute atomic E-state index is 0. The number of thiocarbonyl (C=S) groups is 1. The van der Waals surface area contributed by atoms with Gasteiger partial charge in [0, 0.05) is 76.0 Å². The Hall–Kier alpha value is -8.50. The number of hydrogen-bond donors (Lipinski definition) is 12. The van der Waals surface area contributed by atoms with Crippen LogP contribution in [0.25, 0.3) is 0 Å². The number of anilines is 7. The number of ketones is 1. The van der Waals surface area contributed by atoms with Gasteiger partial charge in [0.25, 0.3) is 0 Å². The van der Waals surface area contributed by atoms with E-state index < -0.39 is 27.9 Å². The van der Waals surface area contributed by atoms with Gasteiger partial charge in [-0.25, -0.2) is 0 Å². The third kappa shape index (κ3) is 37.5. The normalized spacial score (nSPS) is 13.2. The largest absolute Gasteiger partial charge is 0.497 e. The molecule has 26 nitrogen and oxygen atoms in total. The molecule has 2 amide bonds. The van der Waals surface area contributed by atoms with Gasteiger partial charge in [0.1, 0.15) is 45.8 Å². The van der Waals surface area contributed by atoms with Crippen molar-refractivity contribution in [3.63, 3.8) is 0 Å². The summed E-state index contributed by atoms with van der Waals surface area (Å²) < 4.78 is 38.1. The lowest BCUT2D eigenvalue weighted by molar-refractivity contribution is -0.142. The Morgan fingerprint density at radius 3 is 1.21 bits per heavy atom. The van der Waals surface area contributed by atoms with Crippen molar-refractivity contribution in [2.75, 3.05) is 98.5 Å². The van der Waals surface area contributed by atoms with Crippen LogP contribution in [0.15, 0.2) is 111 Å². The smallest absolute Gasteiger partial charge is 0.323 e. The average Bonchev–Trinajstić information content (AvgIpc) is 0.778. The number of halogens is 5. The highest BCUT2D eigenvalue weighted by molar-refractivity contribution is 9.12. The zero-order valence-electron chi connectivity index (χ0n) is 75.8. The molecule has 0 fully saturated rings. The Morgan fingerprint density at radius 1 is 0.516 bits per heavy atom. The van der Waals surface area contributed by atoms with Crippen LogP contribution in [0.5, 0.6) is 40.2 Å². The van der Waals surface area contributed by atoms with E-state index in [0.717, 1.165) is 151 Å². The summed E-state index contributed by atoms with van der Waals surface area (Å²) in [6, 6.07) is 31.0. The Labute approximate surface area is 769 Å². The zero-order chi connectivity index (χ0) is 93.1. The van der Waals surface area contributed by atoms with Gasteiger partial charge in [-0.3, -0.25) is 35.7 Å². The molecule has 0 saturated heterocycles. The van der Waals surface area contributed by atoms with Gasteiger partial charge in [-0.1, -0.05) is 136 Å². The monoisotopic (exact) mass is 1990 g/mol. The van der Waals surface area contributed by atoms with Crippen LogP contribution in [0.1, 0.15) is 167 Å². The second-order valence-electron chi connectivity index (χ2n) is 31.8. The number of carbonyl (C=O) groups is 5. The fraction of sp³-hybridized carbons (Fsp3) is 0.456. The van der Waals surface area contributed by atoms with Gasteiger partial charge in [0.2, 0.25) is 17.1 Å². The number of aryl methyl sites for hydroxylation is 7. The SMILES string of the molecule is BrCCBr.C.CC(=O)Cl.CC(C)(N)C(=O)O.COc1ccc(C)c(N)c1.COc1ccc(C)c(N)c1Br.COc1ccc(C)c(NC(=O)C(C)(C)C)c1.COc1ccc(C)c(NC(=O)C(C)(C)C)c1Br.COc1ccc(C)c2c1NC(C)(C)/C(=N/N)C2.COc1ccc(C)c2c1NC(C)(C)C(=O)C2.COc1ccc(C)c2c1NC(C)(C)C(=S)C2.NN.O. The Kier molecular flexibility index (Phi) is 52.4. The Balaban J connectivity index is -0.00000131. The number of alkyl halides is 2. The first kappa shape index (κ1) is 118. The summed E-state index contributed by atoms with van der Waals surface area (Å²) in [6.45, 7) is 41.7. The van der Waals surface area contributed by atoms with Gasteiger partial charge >= 0.3 is 5.97 Å². The number of rotatable bonds is 11. The lowest BCUT2D eigenvalue weighted by atomic mass is 9.85. The molecule has 0 radical (unpaired) electrons. The van der Waals surface area contributed by atoms with E-state index in [0.29, 0.717) is 12.2 Å². The number of methoxy groups -OCH3 is 7. The number of benzene rings is 7. The van der Waals surface area contributed by atoms with Crippen molar-refractivity contribution < 1.29 is 67.7 Å². The van der Waals surface area contributed by atoms with Gasteiger partial charge < -0.3 is 93.4 Å². The standard InChI is InChI=1S/C13H18BrNO2.C13H19N3O.C13H17NO2.C13H19NO2.C13H17NOS.C8H10BrNO.C8H11NO.C4H9NO2.C2H4Br2.C2H3ClO.CH4.H4N2.H2O/c1-8-6-7-9(17-5)10(14)11(8)15-12(16)13(2,3)4;1-8-5-6-10(17-4)12-9(8)7-11(16-14)13(2,3)15-12;1-8-5-6-10(16-4)12-9(8)7-11(15)13(2,3)14-12;1-9-6-7-10(16-5)8-11(9)14-12(15)13(2,3)4;1-8-5-6-10(15-4)12-9(8)7-11(16)13(2,3)14-12;1-5-3-4-6(11-2)7(9)8(5)10;1-6-3-4-7(10-2)5-8(6)9;1-4(2,5)3(6)7;3-1-2-4;1-2(3)4;;1-2;/h6-7H,1-5H3,(H,15,16);5-6,15H,7,14H2,1-4H3;5-6,14H,7H2,1-4H3;6-8H,1-5H3,(H,14,15);5-6,14H,7H2,1-4H3;3-4H,10H2,1-2H3;3-5H,9H2,1-2H3;5H2,1-2H3,(H,6,7);1-2H2;1H3;1H4;1-2H2;1H2/b;16-11+;;;;;;;;;;;. The first-order valence-corrected chi connectivity index (χ1v) is 42.5. The maximum absolute atomic E-state index is 12.0. The van der Waals surface area contributed by atoms with Crippen LogP contribution in [0, 0.1) is 59.3 Å². The number of carbonyl (C=O) groups excluding carboxylic acids is 4. The molecular formula is C90H137Br4ClN12O14S. The van der Waals surface area contributed by atoms with Crippen LogP contribution in [-0.4, -0.2) is 133 Å². The summed E-state index contributed by atoms with van der Waals surface area (Å²) in [7, 11) is 11.5. The quantitative estimate of drug-likeness (QED) is 0.0143. The van der Waals surface area contributed by atoms with Crippen LogP contribution in [-0.2, 0) is 43.2 Å². The minimum atomic E-state index is -1.08. The van der Waals surface area contributed by atoms with Gasteiger partial charge in [-0.05, 0) is 245 Å². The highest BCUT2D eigenvalue weighted by Crippen LogP contribution is 2.42. The molecule has 0 spiro atoms. The molecular weight excluding hydrogens is 1860 g/mol. The minimum Gasteiger partial charge on any atom is -0.497 e. The highest BCUT2D eigenvalue weighted by atomic mass is 79.9. The molecule has 3 heterocycles. The number of nitrogens with zero attached hydrogens (tertiary/aromatic N) is 1. The average molecular weight is 2000 g/mol. The maximum atomic E-state index is 12.0. The molecule has 122 heavy (non-hydrogen) atoms. The summed E-state index contributed by atoms with van der Waals surface area (Å²) >= 11 is 23.3. The summed E-state index contributed by atoms with van der Waals surface area (Å²) in [6.07, 6.45) is 2.11. The van der Waals surface area contributed by atoms with E-state index in [1.807, 2.05) is 175 Å². The number of carboxylic acid groups (broad SMARTS) is 1. The summed E-state index contributed by atoms with van der Waals surface area (Å²) in [5.74, 6) is 18.3. The first-order chi connectivity index (χ1) is 55.5. The summed E-state index contributed by atoms with van der Waals surface area (Å²) in [4.78, 5) is 55.9. The number of nitrogens with one attached hydrogen (secondary N) is 5. The fourth-order valence-corrected chi connectivity index (χ4v) is 11.8. The highest BCUT2D eigenvalue weighted by Gasteiger charge is 2.37. The van der Waals surface area contributed by atoms with Crippen molar-refractivity contribution in [3.05, 3.63) is 162 Å². The van der Waals surface area contributed by atoms with Crippen LogP contribution >= 0.6 is 87.5 Å². The number of nitrogen functional groups attached to an aromatic ring is 2. The number of amides is 2. The predicted octanol–water partition coefficient (Wildman–Crippen LogP) is 19.2. The third-order valence-corrected chi connectivity index (χ3v) is 22.4. The van der Waals surface area contributed by atoms with E-state index in [9.17, 15) is 24.0 Å². The molecule has 7 aromatic carbocycles. The molecule has 20 N–H and O–H groups in total. The number of hydrazone groups is 1. The number of ether oxygens (including phenoxy) is 7. The first-order valence-electron chi connectivity index (χ1n) is 37.9. The molecule has 682 valence electrons. The molecule has 0 aliphatic carbocycles. The number of nitrogens with two attached hydrogens (primary N) is 6. The molecule has 0 aromatic heterocycles. The summed E-state index contributed by atoms with van der Waals surface area (Å²) in [5, 5.41) is 29.8. The number of aliphatic carboxylic acids is 1.